The topological polar surface area (TPSA) is 81.7 Å². The third-order valence-corrected chi connectivity index (χ3v) is 3.60. The van der Waals surface area contributed by atoms with Crippen molar-refractivity contribution in [3.05, 3.63) is 59.1 Å². The number of carbonyl (C=O) groups excluding carboxylic acids is 3. The van der Waals surface area contributed by atoms with Crippen LogP contribution in [0.4, 0.5) is 5.69 Å². The van der Waals surface area contributed by atoms with Crippen LogP contribution in [0.2, 0.25) is 5.02 Å². The quantitative estimate of drug-likeness (QED) is 0.591. The molecule has 0 aliphatic rings. The van der Waals surface area contributed by atoms with Gasteiger partial charge in [0.2, 0.25) is 0 Å². The van der Waals surface area contributed by atoms with Gasteiger partial charge in [-0.15, -0.1) is 0 Å². The summed E-state index contributed by atoms with van der Waals surface area (Å²) < 4.78 is 10.3. The van der Waals surface area contributed by atoms with Crippen LogP contribution in [0.25, 0.3) is 0 Å². The third-order valence-electron chi connectivity index (χ3n) is 3.37. The fourth-order valence-corrected chi connectivity index (χ4v) is 2.22. The van der Waals surface area contributed by atoms with E-state index in [0.29, 0.717) is 22.0 Å². The Hall–Kier alpha value is -2.86. The minimum atomic E-state index is -1.02. The van der Waals surface area contributed by atoms with Gasteiger partial charge in [-0.3, -0.25) is 9.59 Å². The first kappa shape index (κ1) is 19.5. The molecule has 0 radical (unpaired) electrons. The Balaban J connectivity index is 1.85. The molecule has 1 atom stereocenters. The van der Waals surface area contributed by atoms with Crippen LogP contribution in [0.1, 0.15) is 24.2 Å². The maximum Gasteiger partial charge on any atom is 0.344 e. The van der Waals surface area contributed by atoms with Gasteiger partial charge in [0, 0.05) is 16.3 Å². The van der Waals surface area contributed by atoms with Crippen LogP contribution in [0.3, 0.4) is 0 Å². The number of rotatable bonds is 7. The van der Waals surface area contributed by atoms with E-state index in [9.17, 15) is 14.4 Å². The second kappa shape index (κ2) is 9.01. The molecule has 1 N–H and O–H groups in total. The van der Waals surface area contributed by atoms with E-state index < -0.39 is 18.0 Å². The summed E-state index contributed by atoms with van der Waals surface area (Å²) >= 11 is 5.82. The standard InChI is InChI=1S/C19H18ClNO5/c1-12(22)14-5-3-7-16(9-14)21-19(24)13(2)26-18(23)11-25-17-8-4-6-15(20)10-17/h3-10,13H,11H2,1-2H3,(H,21,24)/t13-/m0/s1. The Morgan fingerprint density at radius 2 is 1.85 bits per heavy atom. The first-order valence-corrected chi connectivity index (χ1v) is 8.22. The molecule has 0 saturated carbocycles. The van der Waals surface area contributed by atoms with Crippen molar-refractivity contribution >= 4 is 34.9 Å². The van der Waals surface area contributed by atoms with Gasteiger partial charge in [0.05, 0.1) is 0 Å². The van der Waals surface area contributed by atoms with Crippen molar-refractivity contribution < 1.29 is 23.9 Å². The molecule has 0 spiro atoms. The number of amides is 1. The molecule has 0 aromatic heterocycles. The number of anilines is 1. The van der Waals surface area contributed by atoms with Gasteiger partial charge in [0.25, 0.3) is 5.91 Å². The summed E-state index contributed by atoms with van der Waals surface area (Å²) in [6.07, 6.45) is -1.02. The van der Waals surface area contributed by atoms with Crippen LogP contribution in [-0.2, 0) is 14.3 Å². The molecule has 2 aromatic rings. The lowest BCUT2D eigenvalue weighted by atomic mass is 10.1. The molecule has 0 heterocycles. The molecule has 136 valence electrons. The predicted molar refractivity (Wildman–Crippen MR) is 97.6 cm³/mol. The highest BCUT2D eigenvalue weighted by molar-refractivity contribution is 6.30. The van der Waals surface area contributed by atoms with Crippen molar-refractivity contribution in [3.63, 3.8) is 0 Å². The van der Waals surface area contributed by atoms with Crippen molar-refractivity contribution in [3.8, 4) is 5.75 Å². The number of ether oxygens (including phenoxy) is 2. The van der Waals surface area contributed by atoms with Gasteiger partial charge in [-0.05, 0) is 44.2 Å². The number of halogens is 1. The number of ketones is 1. The molecular formula is C19H18ClNO5. The minimum absolute atomic E-state index is 0.112. The van der Waals surface area contributed by atoms with Gasteiger partial charge in [-0.1, -0.05) is 29.8 Å². The van der Waals surface area contributed by atoms with Crippen LogP contribution in [0.15, 0.2) is 48.5 Å². The van der Waals surface area contributed by atoms with Gasteiger partial charge in [-0.2, -0.15) is 0 Å². The monoisotopic (exact) mass is 375 g/mol. The number of carbonyl (C=O) groups is 3. The molecule has 0 unspecified atom stereocenters. The van der Waals surface area contributed by atoms with Crippen molar-refractivity contribution in [2.24, 2.45) is 0 Å². The molecule has 0 aliphatic carbocycles. The number of hydrogen-bond donors (Lipinski definition) is 1. The SMILES string of the molecule is CC(=O)c1cccc(NC(=O)[C@H](C)OC(=O)COc2cccc(Cl)c2)c1. The summed E-state index contributed by atoms with van der Waals surface area (Å²) in [6.45, 7) is 2.53. The molecule has 7 heteroatoms. The maximum absolute atomic E-state index is 12.1. The summed E-state index contributed by atoms with van der Waals surface area (Å²) in [5.41, 5.74) is 0.920. The molecular weight excluding hydrogens is 358 g/mol. The Kier molecular flexibility index (Phi) is 6.74. The number of nitrogens with one attached hydrogen (secondary N) is 1. The van der Waals surface area contributed by atoms with E-state index in [1.165, 1.54) is 13.8 Å². The Bertz CT molecular complexity index is 821. The third kappa shape index (κ3) is 5.89. The second-order valence-electron chi connectivity index (χ2n) is 5.50. The summed E-state index contributed by atoms with van der Waals surface area (Å²) in [4.78, 5) is 35.3. The van der Waals surface area contributed by atoms with E-state index in [0.717, 1.165) is 0 Å². The highest BCUT2D eigenvalue weighted by Gasteiger charge is 2.18. The number of esters is 1. The van der Waals surface area contributed by atoms with Gasteiger partial charge in [-0.25, -0.2) is 4.79 Å². The van der Waals surface area contributed by atoms with Crippen LogP contribution < -0.4 is 10.1 Å². The largest absolute Gasteiger partial charge is 0.482 e. The van der Waals surface area contributed by atoms with E-state index in [1.807, 2.05) is 0 Å². The normalized spacial score (nSPS) is 11.3. The van der Waals surface area contributed by atoms with Crippen molar-refractivity contribution in [2.45, 2.75) is 20.0 Å². The van der Waals surface area contributed by atoms with Gasteiger partial charge >= 0.3 is 5.97 Å². The summed E-state index contributed by atoms with van der Waals surface area (Å²) in [6, 6.07) is 13.1. The number of benzene rings is 2. The molecule has 2 aromatic carbocycles. The average Bonchev–Trinajstić information content (AvgIpc) is 2.60. The van der Waals surface area contributed by atoms with Crippen LogP contribution >= 0.6 is 11.6 Å². The molecule has 0 aliphatic heterocycles. The van der Waals surface area contributed by atoms with Crippen molar-refractivity contribution in [1.29, 1.82) is 0 Å². The molecule has 0 saturated heterocycles. The molecule has 1 amide bonds. The molecule has 26 heavy (non-hydrogen) atoms. The maximum atomic E-state index is 12.1. The van der Waals surface area contributed by atoms with Crippen LogP contribution in [-0.4, -0.2) is 30.4 Å². The second-order valence-corrected chi connectivity index (χ2v) is 5.94. The Labute approximate surface area is 156 Å². The highest BCUT2D eigenvalue weighted by atomic mass is 35.5. The summed E-state index contributed by atoms with van der Waals surface area (Å²) in [7, 11) is 0. The fraction of sp³-hybridized carbons (Fsp3) is 0.211. The minimum Gasteiger partial charge on any atom is -0.482 e. The fourth-order valence-electron chi connectivity index (χ4n) is 2.04. The lowest BCUT2D eigenvalue weighted by Crippen LogP contribution is -2.31. The number of Topliss-reactive ketones (excluding diaryl/α,β-unsaturated/α-hetero) is 1. The first-order chi connectivity index (χ1) is 12.3. The van der Waals surface area contributed by atoms with Gasteiger partial charge in [0.15, 0.2) is 18.5 Å². The number of hydrogen-bond acceptors (Lipinski definition) is 5. The summed E-state index contributed by atoms with van der Waals surface area (Å²) in [5, 5.41) is 3.08. The van der Waals surface area contributed by atoms with Gasteiger partial charge < -0.3 is 14.8 Å². The zero-order valence-electron chi connectivity index (χ0n) is 14.3. The predicted octanol–water partition coefficient (Wildman–Crippen LogP) is 3.49. The first-order valence-electron chi connectivity index (χ1n) is 7.85. The van der Waals surface area contributed by atoms with E-state index in [1.54, 1.807) is 48.5 Å². The average molecular weight is 376 g/mol. The van der Waals surface area contributed by atoms with E-state index in [2.05, 4.69) is 5.32 Å². The van der Waals surface area contributed by atoms with Crippen molar-refractivity contribution in [2.75, 3.05) is 11.9 Å². The molecule has 2 rings (SSSR count). The highest BCUT2D eigenvalue weighted by Crippen LogP contribution is 2.17. The van der Waals surface area contributed by atoms with Crippen LogP contribution in [0.5, 0.6) is 5.75 Å². The van der Waals surface area contributed by atoms with E-state index >= 15 is 0 Å². The lowest BCUT2D eigenvalue weighted by molar-refractivity contribution is -0.155. The van der Waals surface area contributed by atoms with Gasteiger partial charge in [0.1, 0.15) is 5.75 Å². The Morgan fingerprint density at radius 1 is 1.12 bits per heavy atom. The zero-order valence-corrected chi connectivity index (χ0v) is 15.1. The Morgan fingerprint density at radius 3 is 2.54 bits per heavy atom. The lowest BCUT2D eigenvalue weighted by Gasteiger charge is -2.14. The molecule has 6 nitrogen and oxygen atoms in total. The summed E-state index contributed by atoms with van der Waals surface area (Å²) in [5.74, 6) is -0.890. The van der Waals surface area contributed by atoms with Crippen molar-refractivity contribution in [1.82, 2.24) is 0 Å². The van der Waals surface area contributed by atoms with Crippen LogP contribution in [0, 0.1) is 0 Å². The molecule has 0 fully saturated rings. The smallest absolute Gasteiger partial charge is 0.344 e. The van der Waals surface area contributed by atoms with E-state index in [-0.39, 0.29) is 12.4 Å². The van der Waals surface area contributed by atoms with E-state index in [4.69, 9.17) is 21.1 Å². The zero-order chi connectivity index (χ0) is 19.1. The molecule has 0 bridgehead atoms.